The molecule has 1 aliphatic rings. The Morgan fingerprint density at radius 3 is 2.38 bits per heavy atom. The van der Waals surface area contributed by atoms with Crippen molar-refractivity contribution < 1.29 is 29.3 Å². The van der Waals surface area contributed by atoms with Crippen molar-refractivity contribution >= 4 is 17.4 Å². The Hall–Kier alpha value is -3.48. The lowest BCUT2D eigenvalue weighted by Gasteiger charge is -2.25. The van der Waals surface area contributed by atoms with Crippen LogP contribution < -0.4 is 9.47 Å². The van der Waals surface area contributed by atoms with Crippen LogP contribution in [-0.2, 0) is 9.59 Å². The Kier molecular flexibility index (Phi) is 7.87. The lowest BCUT2D eigenvalue weighted by molar-refractivity contribution is -0.139. The van der Waals surface area contributed by atoms with E-state index < -0.39 is 17.7 Å². The summed E-state index contributed by atoms with van der Waals surface area (Å²) in [7, 11) is 1.44. The van der Waals surface area contributed by atoms with E-state index in [0.717, 1.165) is 12.0 Å². The highest BCUT2D eigenvalue weighted by Gasteiger charge is 2.46. The monoisotopic (exact) mass is 467 g/mol. The Balaban J connectivity index is 2.19. The Labute approximate surface area is 200 Å². The first-order valence-corrected chi connectivity index (χ1v) is 11.7. The van der Waals surface area contributed by atoms with Crippen molar-refractivity contribution in [3.63, 3.8) is 0 Å². The molecule has 0 spiro atoms. The van der Waals surface area contributed by atoms with E-state index in [-0.39, 0.29) is 28.7 Å². The molecule has 1 aliphatic heterocycles. The Morgan fingerprint density at radius 2 is 1.79 bits per heavy atom. The van der Waals surface area contributed by atoms with Crippen molar-refractivity contribution in [2.24, 2.45) is 0 Å². The van der Waals surface area contributed by atoms with Crippen LogP contribution in [0.3, 0.4) is 0 Å². The number of carbonyl (C=O) groups excluding carboxylic acids is 2. The smallest absolute Gasteiger partial charge is 0.295 e. The number of aliphatic hydroxyl groups excluding tert-OH is 1. The van der Waals surface area contributed by atoms with Gasteiger partial charge in [0.25, 0.3) is 11.7 Å². The molecule has 7 heteroatoms. The molecule has 0 radical (unpaired) electrons. The van der Waals surface area contributed by atoms with Crippen molar-refractivity contribution in [2.75, 3.05) is 20.3 Å². The van der Waals surface area contributed by atoms with Crippen LogP contribution >= 0.6 is 0 Å². The molecule has 1 unspecified atom stereocenters. The number of rotatable bonds is 9. The number of benzene rings is 2. The maximum absolute atomic E-state index is 13.2. The molecular formula is C27H33NO6. The van der Waals surface area contributed by atoms with E-state index in [1.165, 1.54) is 18.1 Å². The number of methoxy groups -OCH3 is 1. The SMILES string of the molecule is CCCCN1C(=O)C(=O)/C(=C(\O)c2ccc(OCC)c(C(C)C)c2)C1c1ccc(OC)c(O)c1. The highest BCUT2D eigenvalue weighted by atomic mass is 16.5. The topological polar surface area (TPSA) is 96.3 Å². The number of phenols is 1. The number of Topliss-reactive ketones (excluding diaryl/α,β-unsaturated/α-hetero) is 1. The first kappa shape index (κ1) is 25.1. The van der Waals surface area contributed by atoms with E-state index in [4.69, 9.17) is 9.47 Å². The molecule has 0 bridgehead atoms. The summed E-state index contributed by atoms with van der Waals surface area (Å²) < 4.78 is 10.9. The van der Waals surface area contributed by atoms with Crippen LogP contribution in [0.2, 0.25) is 0 Å². The van der Waals surface area contributed by atoms with E-state index in [1.807, 2.05) is 27.7 Å². The molecule has 34 heavy (non-hydrogen) atoms. The fourth-order valence-electron chi connectivity index (χ4n) is 4.25. The minimum atomic E-state index is -0.822. The van der Waals surface area contributed by atoms with Crippen molar-refractivity contribution in [3.8, 4) is 17.2 Å². The summed E-state index contributed by atoms with van der Waals surface area (Å²) in [4.78, 5) is 27.6. The predicted molar refractivity (Wildman–Crippen MR) is 130 cm³/mol. The summed E-state index contributed by atoms with van der Waals surface area (Å²) in [6.45, 7) is 8.81. The van der Waals surface area contributed by atoms with Crippen LogP contribution in [0.25, 0.3) is 5.76 Å². The molecule has 2 N–H and O–H groups in total. The summed E-state index contributed by atoms with van der Waals surface area (Å²) in [5, 5.41) is 21.7. The minimum absolute atomic E-state index is 0.00420. The zero-order chi connectivity index (χ0) is 25.0. The lowest BCUT2D eigenvalue weighted by atomic mass is 9.93. The van der Waals surface area contributed by atoms with Gasteiger partial charge < -0.3 is 24.6 Å². The van der Waals surface area contributed by atoms with Gasteiger partial charge in [-0.15, -0.1) is 0 Å². The number of amides is 1. The van der Waals surface area contributed by atoms with Gasteiger partial charge in [-0.25, -0.2) is 0 Å². The Bertz CT molecular complexity index is 1100. The number of nitrogens with zero attached hydrogens (tertiary/aromatic N) is 1. The minimum Gasteiger partial charge on any atom is -0.507 e. The molecule has 2 aromatic carbocycles. The molecule has 3 rings (SSSR count). The third-order valence-electron chi connectivity index (χ3n) is 6.02. The van der Waals surface area contributed by atoms with Gasteiger partial charge in [0.05, 0.1) is 25.3 Å². The molecule has 0 aliphatic carbocycles. The largest absolute Gasteiger partial charge is 0.507 e. The number of hydrogen-bond donors (Lipinski definition) is 2. The maximum atomic E-state index is 13.2. The molecule has 182 valence electrons. The van der Waals surface area contributed by atoms with Gasteiger partial charge >= 0.3 is 0 Å². The Morgan fingerprint density at radius 1 is 1.09 bits per heavy atom. The molecule has 1 amide bonds. The number of aliphatic hydroxyl groups is 1. The predicted octanol–water partition coefficient (Wildman–Crippen LogP) is 5.14. The van der Waals surface area contributed by atoms with Gasteiger partial charge in [-0.1, -0.05) is 33.3 Å². The standard InChI is InChI=1S/C27H33NO6/c1-6-8-13-28-24(17-9-12-22(33-5)20(29)15-17)23(26(31)27(28)32)25(30)18-10-11-21(34-7-2)19(14-18)16(3)4/h9-12,14-16,24,29-30H,6-8,13H2,1-5H3/b25-23-. The highest BCUT2D eigenvalue weighted by Crippen LogP contribution is 2.42. The normalized spacial score (nSPS) is 17.5. The molecule has 7 nitrogen and oxygen atoms in total. The summed E-state index contributed by atoms with van der Waals surface area (Å²) in [5.41, 5.74) is 1.85. The molecule has 1 fully saturated rings. The molecule has 0 saturated carbocycles. The zero-order valence-electron chi connectivity index (χ0n) is 20.4. The maximum Gasteiger partial charge on any atom is 0.295 e. The number of ketones is 1. The molecule has 1 saturated heterocycles. The third kappa shape index (κ3) is 4.74. The first-order valence-electron chi connectivity index (χ1n) is 11.7. The number of unbranched alkanes of at least 4 members (excludes halogenated alkanes) is 1. The van der Waals surface area contributed by atoms with Gasteiger partial charge in [0.2, 0.25) is 0 Å². The second kappa shape index (κ2) is 10.6. The van der Waals surface area contributed by atoms with Crippen molar-refractivity contribution in [2.45, 2.75) is 52.5 Å². The number of phenolic OH excluding ortho intramolecular Hbond substituents is 1. The van der Waals surface area contributed by atoms with E-state index in [0.29, 0.717) is 36.4 Å². The molecule has 2 aromatic rings. The highest BCUT2D eigenvalue weighted by molar-refractivity contribution is 6.46. The van der Waals surface area contributed by atoms with E-state index in [9.17, 15) is 19.8 Å². The first-order chi connectivity index (χ1) is 16.2. The fourth-order valence-corrected chi connectivity index (χ4v) is 4.25. The summed E-state index contributed by atoms with van der Waals surface area (Å²) >= 11 is 0. The van der Waals surface area contributed by atoms with Crippen LogP contribution in [-0.4, -0.2) is 47.1 Å². The third-order valence-corrected chi connectivity index (χ3v) is 6.02. The molecule has 1 atom stereocenters. The number of aromatic hydroxyl groups is 1. The van der Waals surface area contributed by atoms with Gasteiger partial charge in [-0.05, 0) is 60.7 Å². The lowest BCUT2D eigenvalue weighted by Crippen LogP contribution is -2.30. The summed E-state index contributed by atoms with van der Waals surface area (Å²) in [6.07, 6.45) is 1.53. The van der Waals surface area contributed by atoms with Gasteiger partial charge in [-0.2, -0.15) is 0 Å². The van der Waals surface area contributed by atoms with Crippen LogP contribution in [0.4, 0.5) is 0 Å². The van der Waals surface area contributed by atoms with Crippen molar-refractivity contribution in [1.29, 1.82) is 0 Å². The average Bonchev–Trinajstić information content (AvgIpc) is 3.07. The van der Waals surface area contributed by atoms with Crippen LogP contribution in [0.5, 0.6) is 17.2 Å². The van der Waals surface area contributed by atoms with Gasteiger partial charge in [-0.3, -0.25) is 9.59 Å². The van der Waals surface area contributed by atoms with Gasteiger partial charge in [0.15, 0.2) is 11.5 Å². The van der Waals surface area contributed by atoms with Crippen molar-refractivity contribution in [1.82, 2.24) is 4.90 Å². The molecule has 1 heterocycles. The van der Waals surface area contributed by atoms with Crippen LogP contribution in [0.15, 0.2) is 42.0 Å². The number of likely N-dealkylation sites (tertiary alicyclic amines) is 1. The quantitative estimate of drug-likeness (QED) is 0.301. The molecular weight excluding hydrogens is 434 g/mol. The fraction of sp³-hybridized carbons (Fsp3) is 0.407. The number of hydrogen-bond acceptors (Lipinski definition) is 6. The zero-order valence-corrected chi connectivity index (χ0v) is 20.4. The second-order valence-corrected chi connectivity index (χ2v) is 8.62. The second-order valence-electron chi connectivity index (χ2n) is 8.62. The van der Waals surface area contributed by atoms with Crippen LogP contribution in [0, 0.1) is 0 Å². The number of carbonyl (C=O) groups is 2. The van der Waals surface area contributed by atoms with Crippen molar-refractivity contribution in [3.05, 3.63) is 58.7 Å². The van der Waals surface area contributed by atoms with Gasteiger partial charge in [0.1, 0.15) is 11.5 Å². The molecule has 0 aromatic heterocycles. The van der Waals surface area contributed by atoms with E-state index in [2.05, 4.69) is 0 Å². The van der Waals surface area contributed by atoms with E-state index in [1.54, 1.807) is 30.3 Å². The summed E-state index contributed by atoms with van der Waals surface area (Å²) in [6, 6.07) is 9.19. The van der Waals surface area contributed by atoms with Crippen LogP contribution in [0.1, 0.15) is 69.2 Å². The summed E-state index contributed by atoms with van der Waals surface area (Å²) in [5.74, 6) is -0.641. The average molecular weight is 468 g/mol. The number of ether oxygens (including phenoxy) is 2. The van der Waals surface area contributed by atoms with E-state index >= 15 is 0 Å². The van der Waals surface area contributed by atoms with Gasteiger partial charge in [0, 0.05) is 12.1 Å².